The van der Waals surface area contributed by atoms with Crippen LogP contribution in [0.4, 0.5) is 0 Å². The molecule has 1 aromatic heterocycles. The lowest BCUT2D eigenvalue weighted by molar-refractivity contribution is 0.0579. The molecule has 1 saturated carbocycles. The van der Waals surface area contributed by atoms with Crippen LogP contribution in [-0.4, -0.2) is 17.8 Å². The van der Waals surface area contributed by atoms with Crippen LogP contribution in [0.3, 0.4) is 0 Å². The van der Waals surface area contributed by atoms with Crippen molar-refractivity contribution in [2.24, 2.45) is 5.92 Å². The molecule has 3 heteroatoms. The first kappa shape index (κ1) is 14.3. The van der Waals surface area contributed by atoms with Gasteiger partial charge in [0.05, 0.1) is 6.10 Å². The average molecular weight is 263 g/mol. The zero-order chi connectivity index (χ0) is 13.8. The van der Waals surface area contributed by atoms with Gasteiger partial charge in [0.1, 0.15) is 0 Å². The molecule has 0 N–H and O–H groups in total. The van der Waals surface area contributed by atoms with Crippen molar-refractivity contribution in [3.63, 3.8) is 0 Å². The Morgan fingerprint density at radius 3 is 2.58 bits per heavy atom. The van der Waals surface area contributed by atoms with E-state index in [-0.39, 0.29) is 5.56 Å². The van der Waals surface area contributed by atoms with Gasteiger partial charge in [-0.25, -0.2) is 0 Å². The summed E-state index contributed by atoms with van der Waals surface area (Å²) in [5, 5.41) is 0. The summed E-state index contributed by atoms with van der Waals surface area (Å²) in [7, 11) is 1.78. The van der Waals surface area contributed by atoms with E-state index in [2.05, 4.69) is 13.8 Å². The number of rotatable bonds is 4. The van der Waals surface area contributed by atoms with Gasteiger partial charge in [-0.2, -0.15) is 0 Å². The van der Waals surface area contributed by atoms with Crippen molar-refractivity contribution in [1.82, 2.24) is 4.57 Å². The molecule has 0 saturated heterocycles. The minimum atomic E-state index is 0.206. The predicted octanol–water partition coefficient (Wildman–Crippen LogP) is 3.18. The van der Waals surface area contributed by atoms with E-state index in [4.69, 9.17) is 4.74 Å². The molecule has 2 rings (SSSR count). The number of methoxy groups -OCH3 is 1. The Bertz CT molecular complexity index is 456. The fraction of sp³-hybridized carbons (Fsp3) is 0.688. The van der Waals surface area contributed by atoms with Gasteiger partial charge in [-0.3, -0.25) is 4.79 Å². The quantitative estimate of drug-likeness (QED) is 0.835. The van der Waals surface area contributed by atoms with Gasteiger partial charge in [0, 0.05) is 24.9 Å². The van der Waals surface area contributed by atoms with Crippen LogP contribution >= 0.6 is 0 Å². The molecule has 1 heterocycles. The first-order valence-corrected chi connectivity index (χ1v) is 7.34. The average Bonchev–Trinajstić information content (AvgIpc) is 2.41. The van der Waals surface area contributed by atoms with E-state index in [0.29, 0.717) is 18.1 Å². The lowest BCUT2D eigenvalue weighted by Crippen LogP contribution is -2.31. The highest BCUT2D eigenvalue weighted by atomic mass is 16.5. The summed E-state index contributed by atoms with van der Waals surface area (Å²) >= 11 is 0. The van der Waals surface area contributed by atoms with E-state index < -0.39 is 0 Å². The fourth-order valence-electron chi connectivity index (χ4n) is 3.00. The summed E-state index contributed by atoms with van der Waals surface area (Å²) in [4.78, 5) is 12.5. The third-order valence-electron chi connectivity index (χ3n) is 4.05. The predicted molar refractivity (Wildman–Crippen MR) is 77.5 cm³/mol. The standard InChI is InChI=1S/C16H25NO2/c1-12(2)11-13-5-4-10-17(16(13)18)14-6-8-15(19-3)9-7-14/h4-5,10,12,14-15H,6-9,11H2,1-3H3. The Morgan fingerprint density at radius 1 is 1.32 bits per heavy atom. The molecule has 1 aliphatic carbocycles. The highest BCUT2D eigenvalue weighted by Crippen LogP contribution is 2.28. The third kappa shape index (κ3) is 3.47. The molecule has 19 heavy (non-hydrogen) atoms. The van der Waals surface area contributed by atoms with Gasteiger partial charge < -0.3 is 9.30 Å². The van der Waals surface area contributed by atoms with Crippen molar-refractivity contribution >= 4 is 0 Å². The normalized spacial score (nSPS) is 23.8. The van der Waals surface area contributed by atoms with E-state index >= 15 is 0 Å². The lowest BCUT2D eigenvalue weighted by Gasteiger charge is -2.29. The van der Waals surface area contributed by atoms with Crippen LogP contribution in [0.1, 0.15) is 51.1 Å². The summed E-state index contributed by atoms with van der Waals surface area (Å²) in [6.07, 6.45) is 7.40. The smallest absolute Gasteiger partial charge is 0.253 e. The highest BCUT2D eigenvalue weighted by Gasteiger charge is 2.23. The van der Waals surface area contributed by atoms with E-state index in [1.807, 2.05) is 22.9 Å². The Kier molecular flexibility index (Phi) is 4.81. The molecule has 1 aliphatic rings. The Hall–Kier alpha value is -1.09. The van der Waals surface area contributed by atoms with Crippen LogP contribution < -0.4 is 5.56 Å². The maximum Gasteiger partial charge on any atom is 0.253 e. The van der Waals surface area contributed by atoms with Crippen LogP contribution in [0.5, 0.6) is 0 Å². The number of aromatic nitrogens is 1. The second-order valence-corrected chi connectivity index (χ2v) is 6.01. The molecule has 0 bridgehead atoms. The molecule has 0 aromatic carbocycles. The van der Waals surface area contributed by atoms with Gasteiger partial charge in [0.2, 0.25) is 0 Å². The zero-order valence-corrected chi connectivity index (χ0v) is 12.3. The largest absolute Gasteiger partial charge is 0.381 e. The molecule has 106 valence electrons. The monoisotopic (exact) mass is 263 g/mol. The summed E-state index contributed by atoms with van der Waals surface area (Å²) in [6.45, 7) is 4.31. The molecule has 1 fully saturated rings. The van der Waals surface area contributed by atoms with Crippen molar-refractivity contribution in [2.45, 2.75) is 58.1 Å². The van der Waals surface area contributed by atoms with Crippen LogP contribution in [0.2, 0.25) is 0 Å². The second-order valence-electron chi connectivity index (χ2n) is 6.01. The zero-order valence-electron chi connectivity index (χ0n) is 12.3. The van der Waals surface area contributed by atoms with Gasteiger partial charge in [0.25, 0.3) is 5.56 Å². The van der Waals surface area contributed by atoms with Crippen LogP contribution in [-0.2, 0) is 11.2 Å². The maximum atomic E-state index is 12.5. The first-order valence-electron chi connectivity index (χ1n) is 7.34. The van der Waals surface area contributed by atoms with E-state index in [0.717, 1.165) is 37.7 Å². The van der Waals surface area contributed by atoms with Gasteiger partial charge in [-0.15, -0.1) is 0 Å². The van der Waals surface area contributed by atoms with Crippen molar-refractivity contribution in [1.29, 1.82) is 0 Å². The number of nitrogens with zero attached hydrogens (tertiary/aromatic N) is 1. The minimum Gasteiger partial charge on any atom is -0.381 e. The molecule has 0 aliphatic heterocycles. The number of ether oxygens (including phenoxy) is 1. The SMILES string of the molecule is COC1CCC(n2cccc(CC(C)C)c2=O)CC1. The summed E-state index contributed by atoms with van der Waals surface area (Å²) in [5.41, 5.74) is 1.16. The first-order chi connectivity index (χ1) is 9.11. The molecule has 3 nitrogen and oxygen atoms in total. The van der Waals surface area contributed by atoms with E-state index in [9.17, 15) is 4.79 Å². The van der Waals surface area contributed by atoms with Crippen molar-refractivity contribution < 1.29 is 4.74 Å². The van der Waals surface area contributed by atoms with Gasteiger partial charge in [-0.1, -0.05) is 19.9 Å². The minimum absolute atomic E-state index is 0.206. The fourth-order valence-corrected chi connectivity index (χ4v) is 3.00. The molecule has 1 aromatic rings. The van der Waals surface area contributed by atoms with Gasteiger partial charge in [0.15, 0.2) is 0 Å². The molecular weight excluding hydrogens is 238 g/mol. The van der Waals surface area contributed by atoms with E-state index in [1.165, 1.54) is 0 Å². The van der Waals surface area contributed by atoms with Crippen LogP contribution in [0.15, 0.2) is 23.1 Å². The number of pyridine rings is 1. The van der Waals surface area contributed by atoms with Crippen LogP contribution in [0.25, 0.3) is 0 Å². The third-order valence-corrected chi connectivity index (χ3v) is 4.05. The van der Waals surface area contributed by atoms with Crippen molar-refractivity contribution in [3.05, 3.63) is 34.2 Å². The maximum absolute atomic E-state index is 12.5. The Labute approximate surface area is 115 Å². The molecular formula is C16H25NO2. The Morgan fingerprint density at radius 2 is 2.00 bits per heavy atom. The number of hydrogen-bond acceptors (Lipinski definition) is 2. The molecule has 0 spiro atoms. The Balaban J connectivity index is 2.15. The molecule has 0 amide bonds. The van der Waals surface area contributed by atoms with Gasteiger partial charge >= 0.3 is 0 Å². The lowest BCUT2D eigenvalue weighted by atomic mass is 9.92. The van der Waals surface area contributed by atoms with E-state index in [1.54, 1.807) is 7.11 Å². The van der Waals surface area contributed by atoms with Crippen molar-refractivity contribution in [3.8, 4) is 0 Å². The van der Waals surface area contributed by atoms with Crippen molar-refractivity contribution in [2.75, 3.05) is 7.11 Å². The second kappa shape index (κ2) is 6.38. The summed E-state index contributed by atoms with van der Waals surface area (Å²) in [6, 6.07) is 4.34. The van der Waals surface area contributed by atoms with Gasteiger partial charge in [-0.05, 0) is 44.1 Å². The topological polar surface area (TPSA) is 31.2 Å². The van der Waals surface area contributed by atoms with Crippen LogP contribution in [0, 0.1) is 5.92 Å². The number of hydrogen-bond donors (Lipinski definition) is 0. The highest BCUT2D eigenvalue weighted by molar-refractivity contribution is 5.12. The summed E-state index contributed by atoms with van der Waals surface area (Å²) < 4.78 is 7.34. The molecule has 0 radical (unpaired) electrons. The molecule has 0 atom stereocenters. The molecule has 0 unspecified atom stereocenters. The summed E-state index contributed by atoms with van der Waals surface area (Å²) in [5.74, 6) is 0.521.